The summed E-state index contributed by atoms with van der Waals surface area (Å²) in [5, 5.41) is 3.24. The number of benzene rings is 2. The lowest BCUT2D eigenvalue weighted by atomic mass is 9.84. The monoisotopic (exact) mass is 601 g/mol. The first-order valence-corrected chi connectivity index (χ1v) is 16.4. The van der Waals surface area contributed by atoms with E-state index in [0.717, 1.165) is 45.2 Å². The van der Waals surface area contributed by atoms with Crippen LogP contribution >= 0.6 is 0 Å². The Kier molecular flexibility index (Phi) is 10.1. The Hall–Kier alpha value is -3.49. The summed E-state index contributed by atoms with van der Waals surface area (Å²) in [4.78, 5) is 32.4. The fraction of sp³-hybridized carbons (Fsp3) is 0.500. The molecule has 1 aliphatic heterocycles. The topological polar surface area (TPSA) is 75.0 Å². The molecule has 2 heterocycles. The second-order valence-corrected chi connectivity index (χ2v) is 12.6. The molecule has 0 bridgehead atoms. The maximum Gasteiger partial charge on any atom is 0.294 e. The first-order valence-electron chi connectivity index (χ1n) is 16.4. The van der Waals surface area contributed by atoms with Gasteiger partial charge in [0.15, 0.2) is 5.76 Å². The van der Waals surface area contributed by atoms with Crippen molar-refractivity contribution in [1.82, 2.24) is 10.2 Å². The highest BCUT2D eigenvalue weighted by atomic mass is 19.1. The van der Waals surface area contributed by atoms with E-state index in [2.05, 4.69) is 22.3 Å². The molecule has 234 valence electrons. The molecule has 1 saturated heterocycles. The molecule has 2 aromatic carbocycles. The van der Waals surface area contributed by atoms with Gasteiger partial charge in [0.05, 0.1) is 19.8 Å². The summed E-state index contributed by atoms with van der Waals surface area (Å²) in [6, 6.07) is 16.6. The molecule has 2 amide bonds. The first-order chi connectivity index (χ1) is 21.5. The number of hydrogen-bond donors (Lipinski definition) is 1. The van der Waals surface area contributed by atoms with Crippen LogP contribution in [0.4, 0.5) is 10.1 Å². The summed E-state index contributed by atoms with van der Waals surface area (Å²) >= 11 is 0. The van der Waals surface area contributed by atoms with Crippen LogP contribution in [-0.2, 0) is 16.1 Å². The molecule has 2 aliphatic carbocycles. The minimum atomic E-state index is -1.00. The van der Waals surface area contributed by atoms with Gasteiger partial charge in [-0.05, 0) is 79.1 Å². The molecule has 8 heteroatoms. The molecule has 1 atom stereocenters. The average Bonchev–Trinajstić information content (AvgIpc) is 3.54. The largest absolute Gasteiger partial charge is 0.455 e. The molecule has 1 aromatic heterocycles. The van der Waals surface area contributed by atoms with Gasteiger partial charge in [-0.1, -0.05) is 62.8 Å². The van der Waals surface area contributed by atoms with Gasteiger partial charge in [-0.15, -0.1) is 0 Å². The minimum absolute atomic E-state index is 0.0496. The van der Waals surface area contributed by atoms with Gasteiger partial charge in [-0.25, -0.2) is 4.39 Å². The van der Waals surface area contributed by atoms with E-state index in [1.165, 1.54) is 54.7 Å². The van der Waals surface area contributed by atoms with Gasteiger partial charge in [0.2, 0.25) is 5.91 Å². The molecule has 44 heavy (non-hydrogen) atoms. The lowest BCUT2D eigenvalue weighted by Crippen LogP contribution is -2.47. The number of nitrogens with one attached hydrogen (secondary N) is 1. The zero-order valence-electron chi connectivity index (χ0n) is 25.5. The van der Waals surface area contributed by atoms with Crippen molar-refractivity contribution in [1.29, 1.82) is 0 Å². The number of anilines is 1. The summed E-state index contributed by atoms with van der Waals surface area (Å²) in [5.41, 5.74) is 2.41. The number of furan rings is 1. The molecular weight excluding hydrogens is 557 g/mol. The van der Waals surface area contributed by atoms with Crippen LogP contribution in [-0.4, -0.2) is 49.1 Å². The lowest BCUT2D eigenvalue weighted by molar-refractivity contribution is -0.123. The number of hydrogen-bond acceptors (Lipinski definition) is 5. The standard InChI is InChI=1S/C36H44FN3O4/c37-29-15-11-28(12-16-29)34(35(41)38-30-9-5-2-6-10-30)40(31-17-13-27(14-18-31)26-7-3-1-4-8-26)36(42)33-20-19-32(44-33)25-39-21-23-43-24-22-39/h11-20,26,30,34H,1-10,21-25H2,(H,38,41). The molecule has 0 radical (unpaired) electrons. The highest BCUT2D eigenvalue weighted by Gasteiger charge is 2.36. The quantitative estimate of drug-likeness (QED) is 0.282. The molecular formula is C36H44FN3O4. The molecule has 1 unspecified atom stereocenters. The van der Waals surface area contributed by atoms with E-state index >= 15 is 0 Å². The van der Waals surface area contributed by atoms with Gasteiger partial charge >= 0.3 is 0 Å². The predicted molar refractivity (Wildman–Crippen MR) is 168 cm³/mol. The Balaban J connectivity index is 1.35. The van der Waals surface area contributed by atoms with Crippen LogP contribution in [0.25, 0.3) is 0 Å². The van der Waals surface area contributed by atoms with Gasteiger partial charge < -0.3 is 14.5 Å². The second kappa shape index (κ2) is 14.5. The smallest absolute Gasteiger partial charge is 0.294 e. The third kappa shape index (κ3) is 7.41. The SMILES string of the molecule is O=C(NC1CCCCC1)C(c1ccc(F)cc1)N(C(=O)c1ccc(CN2CCOCC2)o1)c1ccc(C2CCCCC2)cc1. The molecule has 7 nitrogen and oxygen atoms in total. The minimum Gasteiger partial charge on any atom is -0.455 e. The van der Waals surface area contributed by atoms with Crippen LogP contribution in [0.2, 0.25) is 0 Å². The number of rotatable bonds is 9. The lowest BCUT2D eigenvalue weighted by Gasteiger charge is -2.33. The van der Waals surface area contributed by atoms with Gasteiger partial charge in [0.1, 0.15) is 17.6 Å². The number of nitrogens with zero attached hydrogens (tertiary/aromatic N) is 2. The zero-order valence-corrected chi connectivity index (χ0v) is 25.5. The summed E-state index contributed by atoms with van der Waals surface area (Å²) in [6.07, 6.45) is 11.2. The van der Waals surface area contributed by atoms with Crippen molar-refractivity contribution in [3.8, 4) is 0 Å². The molecule has 2 saturated carbocycles. The summed E-state index contributed by atoms with van der Waals surface area (Å²) in [7, 11) is 0. The highest BCUT2D eigenvalue weighted by molar-refractivity contribution is 6.08. The summed E-state index contributed by atoms with van der Waals surface area (Å²) in [6.45, 7) is 3.53. The number of carbonyl (C=O) groups is 2. The number of morpholine rings is 1. The Bertz CT molecular complexity index is 1370. The van der Waals surface area contributed by atoms with Crippen molar-refractivity contribution >= 4 is 17.5 Å². The second-order valence-electron chi connectivity index (χ2n) is 12.6. The van der Waals surface area contributed by atoms with Gasteiger partial charge in [-0.3, -0.25) is 19.4 Å². The Labute approximate surface area is 259 Å². The van der Waals surface area contributed by atoms with Crippen LogP contribution < -0.4 is 10.2 Å². The van der Waals surface area contributed by atoms with Gasteiger partial charge in [0.25, 0.3) is 5.91 Å². The van der Waals surface area contributed by atoms with Crippen LogP contribution in [0.1, 0.15) is 104 Å². The van der Waals surface area contributed by atoms with Crippen LogP contribution in [0.5, 0.6) is 0 Å². The molecule has 1 N–H and O–H groups in total. The maximum absolute atomic E-state index is 14.5. The number of ether oxygens (including phenoxy) is 1. The van der Waals surface area contributed by atoms with E-state index in [4.69, 9.17) is 9.15 Å². The van der Waals surface area contributed by atoms with Crippen LogP contribution in [0, 0.1) is 5.82 Å². The molecule has 0 spiro atoms. The number of halogens is 1. The van der Waals surface area contributed by atoms with E-state index in [0.29, 0.717) is 42.7 Å². The molecule has 6 rings (SSSR count). The molecule has 3 aliphatic rings. The Morgan fingerprint density at radius 3 is 2.18 bits per heavy atom. The van der Waals surface area contributed by atoms with E-state index in [-0.39, 0.29) is 17.7 Å². The van der Waals surface area contributed by atoms with E-state index in [1.54, 1.807) is 18.2 Å². The van der Waals surface area contributed by atoms with Crippen molar-refractivity contribution in [2.24, 2.45) is 0 Å². The Morgan fingerprint density at radius 1 is 0.841 bits per heavy atom. The normalized spacial score (nSPS) is 19.4. The highest BCUT2D eigenvalue weighted by Crippen LogP contribution is 2.36. The number of amides is 2. The van der Waals surface area contributed by atoms with Crippen molar-refractivity contribution in [3.05, 3.63) is 89.1 Å². The van der Waals surface area contributed by atoms with E-state index in [1.807, 2.05) is 18.2 Å². The van der Waals surface area contributed by atoms with Gasteiger partial charge in [0, 0.05) is 24.8 Å². The first kappa shape index (κ1) is 30.5. The van der Waals surface area contributed by atoms with Crippen molar-refractivity contribution in [2.45, 2.75) is 88.8 Å². The Morgan fingerprint density at radius 2 is 1.50 bits per heavy atom. The van der Waals surface area contributed by atoms with Crippen molar-refractivity contribution in [3.63, 3.8) is 0 Å². The average molecular weight is 602 g/mol. The molecule has 3 aromatic rings. The maximum atomic E-state index is 14.5. The van der Waals surface area contributed by atoms with E-state index in [9.17, 15) is 14.0 Å². The summed E-state index contributed by atoms with van der Waals surface area (Å²) < 4.78 is 25.7. The molecule has 3 fully saturated rings. The third-order valence-electron chi connectivity index (χ3n) is 9.47. The third-order valence-corrected chi connectivity index (χ3v) is 9.47. The summed E-state index contributed by atoms with van der Waals surface area (Å²) in [5.74, 6) is 0.297. The van der Waals surface area contributed by atoms with E-state index < -0.39 is 17.8 Å². The fourth-order valence-electron chi connectivity index (χ4n) is 6.99. The predicted octanol–water partition coefficient (Wildman–Crippen LogP) is 7.14. The van der Waals surface area contributed by atoms with Gasteiger partial charge in [-0.2, -0.15) is 0 Å². The number of carbonyl (C=O) groups excluding carboxylic acids is 2. The zero-order chi connectivity index (χ0) is 30.3. The van der Waals surface area contributed by atoms with Crippen LogP contribution in [0.15, 0.2) is 65.1 Å². The fourth-order valence-corrected chi connectivity index (χ4v) is 6.99. The van der Waals surface area contributed by atoms with Crippen molar-refractivity contribution < 1.29 is 23.1 Å². The van der Waals surface area contributed by atoms with Crippen LogP contribution in [0.3, 0.4) is 0 Å². The van der Waals surface area contributed by atoms with Crippen molar-refractivity contribution in [2.75, 3.05) is 31.2 Å².